The van der Waals surface area contributed by atoms with Gasteiger partial charge in [-0.2, -0.15) is 0 Å². The molecule has 0 bridgehead atoms. The summed E-state index contributed by atoms with van der Waals surface area (Å²) in [5, 5.41) is 11.3. The standard InChI is InChI=1S/C30H36FNO5/c1-16(2)13-18-10-11-20-22(14-18)28(33)32(7)25(27(29(34)35)37-30(4,5)6)24(20)21-15-23(31)26-19(17(21)3)9-8-12-36-26/h10-11,14-16,27H,8-9,12-13H2,1-7H3,(H,34,35)/t27-/m0/s1. The van der Waals surface area contributed by atoms with Gasteiger partial charge in [-0.25, -0.2) is 9.18 Å². The first-order valence-electron chi connectivity index (χ1n) is 12.8. The Bertz CT molecular complexity index is 1430. The number of carboxylic acids is 1. The van der Waals surface area contributed by atoms with Crippen LogP contribution in [0.15, 0.2) is 29.1 Å². The predicted octanol–water partition coefficient (Wildman–Crippen LogP) is 6.12. The van der Waals surface area contributed by atoms with Crippen molar-refractivity contribution in [2.45, 2.75) is 72.5 Å². The lowest BCUT2D eigenvalue weighted by atomic mass is 9.87. The molecule has 198 valence electrons. The molecule has 0 radical (unpaired) electrons. The number of benzene rings is 2. The maximum atomic E-state index is 15.4. The quantitative estimate of drug-likeness (QED) is 0.433. The van der Waals surface area contributed by atoms with Gasteiger partial charge in [-0.3, -0.25) is 4.79 Å². The van der Waals surface area contributed by atoms with Crippen molar-refractivity contribution in [3.63, 3.8) is 0 Å². The fourth-order valence-corrected chi connectivity index (χ4v) is 5.26. The summed E-state index contributed by atoms with van der Waals surface area (Å²) in [5.41, 5.74) is 2.69. The number of carbonyl (C=O) groups is 1. The van der Waals surface area contributed by atoms with Gasteiger partial charge in [0.2, 0.25) is 0 Å². The molecule has 0 saturated heterocycles. The molecule has 7 heteroatoms. The maximum Gasteiger partial charge on any atom is 0.339 e. The number of hydrogen-bond acceptors (Lipinski definition) is 4. The van der Waals surface area contributed by atoms with Crippen LogP contribution in [0.1, 0.15) is 69.5 Å². The normalized spacial score (nSPS) is 14.5. The Balaban J connectivity index is 2.15. The van der Waals surface area contributed by atoms with Gasteiger partial charge in [-0.1, -0.05) is 26.0 Å². The number of fused-ring (bicyclic) bond motifs is 2. The largest absolute Gasteiger partial charge is 0.490 e. The smallest absolute Gasteiger partial charge is 0.339 e. The highest BCUT2D eigenvalue weighted by Gasteiger charge is 2.34. The van der Waals surface area contributed by atoms with Crippen LogP contribution in [0.4, 0.5) is 4.39 Å². The molecule has 2 aromatic carbocycles. The lowest BCUT2D eigenvalue weighted by Crippen LogP contribution is -2.33. The van der Waals surface area contributed by atoms with Crippen molar-refractivity contribution in [2.75, 3.05) is 6.61 Å². The van der Waals surface area contributed by atoms with E-state index in [-0.39, 0.29) is 17.0 Å². The number of aromatic nitrogens is 1. The molecule has 3 aromatic rings. The summed E-state index contributed by atoms with van der Waals surface area (Å²) in [7, 11) is 1.56. The van der Waals surface area contributed by atoms with Gasteiger partial charge in [-0.15, -0.1) is 0 Å². The number of ether oxygens (including phenoxy) is 2. The molecule has 1 N–H and O–H groups in total. The zero-order valence-corrected chi connectivity index (χ0v) is 22.7. The van der Waals surface area contributed by atoms with E-state index < -0.39 is 23.5 Å². The fraction of sp³-hybridized carbons (Fsp3) is 0.467. The minimum absolute atomic E-state index is 0.190. The van der Waals surface area contributed by atoms with E-state index in [1.165, 1.54) is 10.6 Å². The molecule has 6 nitrogen and oxygen atoms in total. The van der Waals surface area contributed by atoms with E-state index in [1.807, 2.05) is 25.1 Å². The molecule has 1 aliphatic rings. The van der Waals surface area contributed by atoms with Crippen molar-refractivity contribution in [1.29, 1.82) is 0 Å². The Morgan fingerprint density at radius 3 is 2.54 bits per heavy atom. The Hall–Kier alpha value is -3.19. The average Bonchev–Trinajstić information content (AvgIpc) is 2.81. The Morgan fingerprint density at radius 2 is 1.92 bits per heavy atom. The van der Waals surface area contributed by atoms with E-state index in [2.05, 4.69) is 13.8 Å². The van der Waals surface area contributed by atoms with Crippen LogP contribution in [0.5, 0.6) is 5.75 Å². The Morgan fingerprint density at radius 1 is 1.22 bits per heavy atom. The first-order valence-corrected chi connectivity index (χ1v) is 12.8. The van der Waals surface area contributed by atoms with Crippen LogP contribution in [-0.2, 0) is 29.4 Å². The van der Waals surface area contributed by atoms with Crippen LogP contribution in [0, 0.1) is 18.7 Å². The van der Waals surface area contributed by atoms with E-state index in [4.69, 9.17) is 9.47 Å². The second kappa shape index (κ2) is 9.93. The molecule has 0 unspecified atom stereocenters. The summed E-state index contributed by atoms with van der Waals surface area (Å²) in [5.74, 6) is -1.07. The van der Waals surface area contributed by atoms with Crippen molar-refractivity contribution in [3.8, 4) is 16.9 Å². The molecule has 37 heavy (non-hydrogen) atoms. The molecule has 0 fully saturated rings. The number of nitrogens with zero attached hydrogens (tertiary/aromatic N) is 1. The highest BCUT2D eigenvalue weighted by molar-refractivity contribution is 6.00. The van der Waals surface area contributed by atoms with Crippen LogP contribution < -0.4 is 10.3 Å². The topological polar surface area (TPSA) is 77.8 Å². The lowest BCUT2D eigenvalue weighted by Gasteiger charge is -2.30. The van der Waals surface area contributed by atoms with Gasteiger partial charge in [0.15, 0.2) is 17.7 Å². The average molecular weight is 510 g/mol. The number of halogens is 1. The molecule has 1 atom stereocenters. The summed E-state index contributed by atoms with van der Waals surface area (Å²) in [6.07, 6.45) is 0.776. The molecule has 0 saturated carbocycles. The second-order valence-electron chi connectivity index (χ2n) is 11.3. The molecular weight excluding hydrogens is 473 g/mol. The van der Waals surface area contributed by atoms with Crippen LogP contribution in [-0.4, -0.2) is 27.9 Å². The molecule has 0 aliphatic carbocycles. The van der Waals surface area contributed by atoms with Crippen LogP contribution in [0.25, 0.3) is 21.9 Å². The monoisotopic (exact) mass is 509 g/mol. The van der Waals surface area contributed by atoms with Gasteiger partial charge in [0.05, 0.1) is 17.9 Å². The highest BCUT2D eigenvalue weighted by atomic mass is 19.1. The lowest BCUT2D eigenvalue weighted by molar-refractivity contribution is -0.161. The fourth-order valence-electron chi connectivity index (χ4n) is 5.26. The number of aliphatic carboxylic acids is 1. The van der Waals surface area contributed by atoms with Crippen molar-refractivity contribution in [1.82, 2.24) is 4.57 Å². The van der Waals surface area contributed by atoms with Gasteiger partial charge in [0.1, 0.15) is 0 Å². The minimum atomic E-state index is -1.44. The third kappa shape index (κ3) is 5.14. The Kier molecular flexibility index (Phi) is 7.21. The molecular formula is C30H36FNO5. The van der Waals surface area contributed by atoms with Crippen molar-refractivity contribution in [3.05, 3.63) is 62.8 Å². The highest BCUT2D eigenvalue weighted by Crippen LogP contribution is 2.43. The SMILES string of the molecule is Cc1c(-c2c([C@H](OC(C)(C)C)C(=O)O)n(C)c(=O)c3cc(CC(C)C)ccc23)cc(F)c2c1CCCO2. The van der Waals surface area contributed by atoms with Crippen LogP contribution in [0.2, 0.25) is 0 Å². The number of hydrogen-bond donors (Lipinski definition) is 1. The third-order valence-corrected chi connectivity index (χ3v) is 6.80. The van der Waals surface area contributed by atoms with E-state index in [0.29, 0.717) is 40.8 Å². The molecule has 2 heterocycles. The summed E-state index contributed by atoms with van der Waals surface area (Å²) in [6.45, 7) is 11.9. The number of pyridine rings is 1. The molecule has 0 spiro atoms. The molecule has 1 aromatic heterocycles. The van der Waals surface area contributed by atoms with Gasteiger partial charge in [0.25, 0.3) is 5.56 Å². The minimum Gasteiger partial charge on any atom is -0.490 e. The number of rotatable bonds is 6. The van der Waals surface area contributed by atoms with Crippen LogP contribution in [0.3, 0.4) is 0 Å². The number of carboxylic acid groups (broad SMARTS) is 1. The molecule has 0 amide bonds. The van der Waals surface area contributed by atoms with Gasteiger partial charge in [0, 0.05) is 23.6 Å². The summed E-state index contributed by atoms with van der Waals surface area (Å²) >= 11 is 0. The maximum absolute atomic E-state index is 15.4. The van der Waals surface area contributed by atoms with E-state index >= 15 is 4.39 Å². The van der Waals surface area contributed by atoms with Gasteiger partial charge < -0.3 is 19.1 Å². The van der Waals surface area contributed by atoms with Crippen molar-refractivity contribution in [2.24, 2.45) is 13.0 Å². The molecule has 1 aliphatic heterocycles. The van der Waals surface area contributed by atoms with Crippen molar-refractivity contribution >= 4 is 16.7 Å². The predicted molar refractivity (Wildman–Crippen MR) is 143 cm³/mol. The molecule has 4 rings (SSSR count). The Labute approximate surface area is 217 Å². The van der Waals surface area contributed by atoms with E-state index in [9.17, 15) is 14.7 Å². The summed E-state index contributed by atoms with van der Waals surface area (Å²) < 4.78 is 28.4. The van der Waals surface area contributed by atoms with Crippen molar-refractivity contribution < 1.29 is 23.8 Å². The van der Waals surface area contributed by atoms with Crippen LogP contribution >= 0.6 is 0 Å². The zero-order chi connectivity index (χ0) is 27.2. The third-order valence-electron chi connectivity index (χ3n) is 6.80. The van der Waals surface area contributed by atoms with E-state index in [1.54, 1.807) is 27.8 Å². The first-order chi connectivity index (χ1) is 17.3. The first kappa shape index (κ1) is 26.9. The summed E-state index contributed by atoms with van der Waals surface area (Å²) in [4.78, 5) is 26.3. The van der Waals surface area contributed by atoms with Gasteiger partial charge in [-0.05, 0) is 87.1 Å². The second-order valence-corrected chi connectivity index (χ2v) is 11.3. The zero-order valence-electron chi connectivity index (χ0n) is 22.7. The summed E-state index contributed by atoms with van der Waals surface area (Å²) in [6, 6.07) is 7.10. The van der Waals surface area contributed by atoms with E-state index in [0.717, 1.165) is 29.5 Å². The van der Waals surface area contributed by atoms with Gasteiger partial charge >= 0.3 is 5.97 Å².